The lowest BCUT2D eigenvalue weighted by molar-refractivity contribution is 0.158. The molecule has 150 valence electrons. The van der Waals surface area contributed by atoms with Crippen molar-refractivity contribution >= 4 is 18.6 Å². The van der Waals surface area contributed by atoms with Gasteiger partial charge in [-0.05, 0) is 30.3 Å². The molecule has 2 aromatic rings. The van der Waals surface area contributed by atoms with E-state index < -0.39 is 7.55 Å². The van der Waals surface area contributed by atoms with Crippen LogP contribution >= 0.6 is 7.55 Å². The van der Waals surface area contributed by atoms with E-state index in [1.165, 1.54) is 5.30 Å². The molecule has 0 bridgehead atoms. The Labute approximate surface area is 173 Å². The molecule has 2 unspecified atom stereocenters. The first-order chi connectivity index (χ1) is 14.2. The summed E-state index contributed by atoms with van der Waals surface area (Å²) in [6, 6.07) is 16.2. The minimum Gasteiger partial charge on any atom is -0.496 e. The Kier molecular flexibility index (Phi) is 7.29. The summed E-state index contributed by atoms with van der Waals surface area (Å²) in [4.78, 5) is 0. The van der Waals surface area contributed by atoms with Crippen molar-refractivity contribution in [3.63, 3.8) is 0 Å². The largest absolute Gasteiger partial charge is 0.496 e. The average Bonchev–Trinajstić information content (AvgIpc) is 2.79. The summed E-state index contributed by atoms with van der Waals surface area (Å²) in [7, 11) is 5.90. The maximum Gasteiger partial charge on any atom is 0.163 e. The number of methoxy groups -OCH3 is 4. The number of allylic oxidation sites excluding steroid dienone is 2. The lowest BCUT2D eigenvalue weighted by atomic mass is 10.0. The van der Waals surface area contributed by atoms with Gasteiger partial charge in [-0.25, -0.2) is 0 Å². The predicted octanol–water partition coefficient (Wildman–Crippen LogP) is 4.66. The van der Waals surface area contributed by atoms with Crippen LogP contribution in [0.1, 0.15) is 5.56 Å². The highest BCUT2D eigenvalue weighted by atomic mass is 31.1. The monoisotopic (exact) mass is 409 g/mol. The molecule has 4 nitrogen and oxygen atoms in total. The van der Waals surface area contributed by atoms with Gasteiger partial charge in [0.1, 0.15) is 40.5 Å². The molecule has 0 radical (unpaired) electrons. The van der Waals surface area contributed by atoms with E-state index in [1.54, 1.807) is 28.4 Å². The summed E-state index contributed by atoms with van der Waals surface area (Å²) < 4.78 is 22.5. The van der Waals surface area contributed by atoms with Crippen LogP contribution in [0.2, 0.25) is 0 Å². The number of hydrogen-bond acceptors (Lipinski definition) is 4. The molecule has 1 aliphatic rings. The van der Waals surface area contributed by atoms with Crippen molar-refractivity contribution < 1.29 is 18.9 Å². The number of ether oxygens (including phenoxy) is 4. The minimum absolute atomic E-state index is 0.156. The quantitative estimate of drug-likeness (QED) is 0.624. The Morgan fingerprint density at radius 1 is 0.828 bits per heavy atom. The van der Waals surface area contributed by atoms with E-state index in [-0.39, 0.29) is 6.10 Å². The molecule has 0 amide bonds. The van der Waals surface area contributed by atoms with Crippen LogP contribution in [0.5, 0.6) is 11.5 Å². The van der Waals surface area contributed by atoms with Crippen molar-refractivity contribution in [3.8, 4) is 11.5 Å². The summed E-state index contributed by atoms with van der Waals surface area (Å²) in [6.07, 6.45) is 5.79. The fraction of sp³-hybridized carbons (Fsp3) is 0.208. The highest BCUT2D eigenvalue weighted by Crippen LogP contribution is 2.36. The molecule has 0 saturated heterocycles. The lowest BCUT2D eigenvalue weighted by Gasteiger charge is -2.19. The van der Waals surface area contributed by atoms with Gasteiger partial charge in [0.2, 0.25) is 0 Å². The van der Waals surface area contributed by atoms with E-state index in [0.717, 1.165) is 28.4 Å². The fourth-order valence-electron chi connectivity index (χ4n) is 3.20. The molecule has 0 saturated carbocycles. The Morgan fingerprint density at radius 3 is 2.10 bits per heavy atom. The maximum absolute atomic E-state index is 5.68. The fourth-order valence-corrected chi connectivity index (χ4v) is 5.19. The van der Waals surface area contributed by atoms with Gasteiger partial charge in [-0.1, -0.05) is 36.4 Å². The molecule has 29 heavy (non-hydrogen) atoms. The van der Waals surface area contributed by atoms with Crippen LogP contribution in [0, 0.1) is 0 Å². The lowest BCUT2D eigenvalue weighted by Crippen LogP contribution is -2.16. The SMILES string of the molecule is COC1=CC=CC(OC)C1=C[P+](=Cc1c(OC)cccc1OC)c1ccccc1. The molecule has 0 aromatic heterocycles. The summed E-state index contributed by atoms with van der Waals surface area (Å²) in [6.45, 7) is 0. The first-order valence-electron chi connectivity index (χ1n) is 9.28. The molecular formula is C24H26O4P+. The molecule has 0 aliphatic heterocycles. The molecule has 0 heterocycles. The van der Waals surface area contributed by atoms with Crippen molar-refractivity contribution in [2.45, 2.75) is 6.10 Å². The van der Waals surface area contributed by atoms with Crippen molar-refractivity contribution in [3.05, 3.63) is 89.5 Å². The molecule has 0 fully saturated rings. The van der Waals surface area contributed by atoms with Crippen LogP contribution in [-0.4, -0.2) is 40.3 Å². The first-order valence-corrected chi connectivity index (χ1v) is 10.8. The molecule has 5 heteroatoms. The first kappa shape index (κ1) is 20.9. The zero-order valence-corrected chi connectivity index (χ0v) is 18.1. The van der Waals surface area contributed by atoms with Crippen molar-refractivity contribution in [2.75, 3.05) is 28.4 Å². The van der Waals surface area contributed by atoms with Crippen molar-refractivity contribution in [1.82, 2.24) is 0 Å². The van der Waals surface area contributed by atoms with E-state index in [2.05, 4.69) is 35.9 Å². The van der Waals surface area contributed by atoms with E-state index in [4.69, 9.17) is 18.9 Å². The Bertz CT molecular complexity index is 936. The van der Waals surface area contributed by atoms with Gasteiger partial charge in [-0.15, -0.1) is 0 Å². The highest BCUT2D eigenvalue weighted by Gasteiger charge is 2.25. The van der Waals surface area contributed by atoms with E-state index in [9.17, 15) is 0 Å². The maximum atomic E-state index is 5.68. The Balaban J connectivity index is 2.21. The summed E-state index contributed by atoms with van der Waals surface area (Å²) in [5.41, 5.74) is 1.95. The van der Waals surface area contributed by atoms with Gasteiger partial charge in [0.05, 0.1) is 26.9 Å². The molecule has 3 rings (SSSR count). The summed E-state index contributed by atoms with van der Waals surface area (Å²) in [5, 5.41) is 1.21. The second kappa shape index (κ2) is 10.1. The second-order valence-corrected chi connectivity index (χ2v) is 8.16. The van der Waals surface area contributed by atoms with Crippen LogP contribution in [-0.2, 0) is 9.47 Å². The Hall–Kier alpha value is -2.81. The molecule has 1 aliphatic carbocycles. The molecule has 0 N–H and O–H groups in total. The zero-order chi connectivity index (χ0) is 20.6. The van der Waals surface area contributed by atoms with E-state index >= 15 is 0 Å². The van der Waals surface area contributed by atoms with Crippen LogP contribution in [0.25, 0.3) is 0 Å². The normalized spacial score (nSPS) is 17.8. The van der Waals surface area contributed by atoms with Gasteiger partial charge in [-0.3, -0.25) is 0 Å². The molecule has 0 spiro atoms. The molecule has 2 aromatic carbocycles. The second-order valence-electron chi connectivity index (χ2n) is 6.31. The number of hydrogen-bond donors (Lipinski definition) is 0. The smallest absolute Gasteiger partial charge is 0.163 e. The van der Waals surface area contributed by atoms with Crippen LogP contribution in [0.15, 0.2) is 83.9 Å². The van der Waals surface area contributed by atoms with Gasteiger partial charge >= 0.3 is 0 Å². The van der Waals surface area contributed by atoms with Crippen LogP contribution in [0.4, 0.5) is 0 Å². The summed E-state index contributed by atoms with van der Waals surface area (Å²) >= 11 is 0. The predicted molar refractivity (Wildman–Crippen MR) is 121 cm³/mol. The zero-order valence-electron chi connectivity index (χ0n) is 17.2. The summed E-state index contributed by atoms with van der Waals surface area (Å²) in [5.74, 6) is 6.82. The van der Waals surface area contributed by atoms with Gasteiger partial charge in [0.25, 0.3) is 0 Å². The topological polar surface area (TPSA) is 36.9 Å². The third-order valence-corrected chi connectivity index (χ3v) is 6.65. The number of benzene rings is 2. The van der Waals surface area contributed by atoms with Gasteiger partial charge in [0.15, 0.2) is 12.8 Å². The highest BCUT2D eigenvalue weighted by molar-refractivity contribution is 7.68. The Morgan fingerprint density at radius 2 is 1.52 bits per heavy atom. The van der Waals surface area contributed by atoms with Crippen molar-refractivity contribution in [2.24, 2.45) is 0 Å². The average molecular weight is 409 g/mol. The minimum atomic E-state index is -0.845. The van der Waals surface area contributed by atoms with Crippen LogP contribution < -0.4 is 14.8 Å². The van der Waals surface area contributed by atoms with Gasteiger partial charge in [0, 0.05) is 7.11 Å². The molecular weight excluding hydrogens is 383 g/mol. The third-order valence-electron chi connectivity index (χ3n) is 4.67. The van der Waals surface area contributed by atoms with Crippen LogP contribution in [0.3, 0.4) is 0 Å². The van der Waals surface area contributed by atoms with Crippen molar-refractivity contribution in [1.29, 1.82) is 0 Å². The van der Waals surface area contributed by atoms with Gasteiger partial charge < -0.3 is 18.9 Å². The van der Waals surface area contributed by atoms with Gasteiger partial charge in [-0.2, -0.15) is 0 Å². The number of rotatable bonds is 7. The standard InChI is InChI=1S/C24H26O4P/c1-25-21-12-8-13-22(26-2)19(21)16-29(18-10-6-5-7-11-18)17-20-23(27-3)14-9-15-24(20)28-4/h5-17,21H,1-4H3/q+1. The van der Waals surface area contributed by atoms with E-state index in [0.29, 0.717) is 0 Å². The molecule has 2 atom stereocenters. The van der Waals surface area contributed by atoms with E-state index in [1.807, 2.05) is 42.5 Å². The third kappa shape index (κ3) is 4.79.